The van der Waals surface area contributed by atoms with E-state index in [4.69, 9.17) is 16.3 Å². The van der Waals surface area contributed by atoms with Gasteiger partial charge in [0.1, 0.15) is 0 Å². The Bertz CT molecular complexity index is 1300. The number of H-pyrrole nitrogens is 1. The number of hydrogen-bond acceptors (Lipinski definition) is 5. The molecule has 0 unspecified atom stereocenters. The van der Waals surface area contributed by atoms with Crippen molar-refractivity contribution in [3.8, 4) is 11.3 Å². The molecule has 174 valence electrons. The normalized spacial score (nSPS) is 15.0. The zero-order valence-electron chi connectivity index (χ0n) is 18.6. The Kier molecular flexibility index (Phi) is 5.93. The van der Waals surface area contributed by atoms with Crippen LogP contribution in [-0.2, 0) is 17.7 Å². The molecule has 2 aliphatic rings. The van der Waals surface area contributed by atoms with Crippen LogP contribution in [0.1, 0.15) is 48.8 Å². The summed E-state index contributed by atoms with van der Waals surface area (Å²) in [6, 6.07) is 12.2. The number of nitrogens with one attached hydrogen (secondary N) is 1. The average Bonchev–Trinajstić information content (AvgIpc) is 3.37. The van der Waals surface area contributed by atoms with E-state index in [1.165, 1.54) is 11.0 Å². The van der Waals surface area contributed by atoms with Crippen LogP contribution in [-0.4, -0.2) is 64.5 Å². The minimum Gasteiger partial charge on any atom is -0.385 e. The van der Waals surface area contributed by atoms with E-state index in [1.807, 2.05) is 18.2 Å². The Morgan fingerprint density at radius 3 is 2.76 bits per heavy atom. The smallest absolute Gasteiger partial charge is 0.261 e. The van der Waals surface area contributed by atoms with E-state index in [9.17, 15) is 14.4 Å². The Balaban J connectivity index is 1.37. The number of methoxy groups -OCH3 is 1. The minimum absolute atomic E-state index is 0.190. The van der Waals surface area contributed by atoms with Crippen LogP contribution in [0.15, 0.2) is 42.5 Å². The predicted molar refractivity (Wildman–Crippen MR) is 126 cm³/mol. The standard InChI is InChI=1S/C25H23ClN4O4/c1-34-11-3-9-30-24(32)18-7-6-16(13-19(18)25(30)33)23(31)29-10-8-21-20(14-29)22(28-27-21)15-4-2-5-17(26)12-15/h2,4-7,12-13H,3,8-11,14H2,1H3,(H,27,28). The van der Waals surface area contributed by atoms with Crippen molar-refractivity contribution in [1.29, 1.82) is 0 Å². The number of benzene rings is 2. The molecule has 1 N–H and O–H groups in total. The fourth-order valence-electron chi connectivity index (χ4n) is 4.52. The SMILES string of the molecule is COCCCN1C(=O)c2ccc(C(=O)N3CCc4[nH]nc(-c5cccc(Cl)c5)c4C3)cc2C1=O. The van der Waals surface area contributed by atoms with Crippen LogP contribution in [0.2, 0.25) is 5.02 Å². The maximum atomic E-state index is 13.4. The van der Waals surface area contributed by atoms with Crippen LogP contribution >= 0.6 is 11.6 Å². The molecule has 0 aliphatic carbocycles. The van der Waals surface area contributed by atoms with Crippen molar-refractivity contribution in [3.63, 3.8) is 0 Å². The number of hydrogen-bond donors (Lipinski definition) is 1. The number of aromatic nitrogens is 2. The van der Waals surface area contributed by atoms with Gasteiger partial charge < -0.3 is 9.64 Å². The van der Waals surface area contributed by atoms with Crippen molar-refractivity contribution in [1.82, 2.24) is 20.0 Å². The second-order valence-corrected chi connectivity index (χ2v) is 8.82. The summed E-state index contributed by atoms with van der Waals surface area (Å²) < 4.78 is 5.02. The molecule has 5 rings (SSSR count). The van der Waals surface area contributed by atoms with Gasteiger partial charge in [0, 0.05) is 67.2 Å². The van der Waals surface area contributed by atoms with Gasteiger partial charge in [-0.3, -0.25) is 24.4 Å². The van der Waals surface area contributed by atoms with Crippen LogP contribution in [0.25, 0.3) is 11.3 Å². The van der Waals surface area contributed by atoms with Crippen molar-refractivity contribution < 1.29 is 19.1 Å². The zero-order valence-corrected chi connectivity index (χ0v) is 19.4. The molecule has 0 atom stereocenters. The topological polar surface area (TPSA) is 95.6 Å². The summed E-state index contributed by atoms with van der Waals surface area (Å²) in [6.07, 6.45) is 1.20. The third-order valence-electron chi connectivity index (χ3n) is 6.27. The Morgan fingerprint density at radius 2 is 1.97 bits per heavy atom. The van der Waals surface area contributed by atoms with Gasteiger partial charge >= 0.3 is 0 Å². The minimum atomic E-state index is -0.371. The van der Waals surface area contributed by atoms with E-state index in [0.717, 1.165) is 22.5 Å². The summed E-state index contributed by atoms with van der Waals surface area (Å²) in [5, 5.41) is 8.17. The number of ether oxygens (including phenoxy) is 1. The highest BCUT2D eigenvalue weighted by Gasteiger charge is 2.36. The largest absolute Gasteiger partial charge is 0.385 e. The van der Waals surface area contributed by atoms with E-state index in [1.54, 1.807) is 30.2 Å². The predicted octanol–water partition coefficient (Wildman–Crippen LogP) is 3.56. The molecule has 2 aliphatic heterocycles. The maximum Gasteiger partial charge on any atom is 0.261 e. The van der Waals surface area contributed by atoms with Gasteiger partial charge in [-0.2, -0.15) is 5.10 Å². The molecule has 0 radical (unpaired) electrons. The highest BCUT2D eigenvalue weighted by molar-refractivity contribution is 6.30. The van der Waals surface area contributed by atoms with E-state index in [-0.39, 0.29) is 29.8 Å². The number of carbonyl (C=O) groups excluding carboxylic acids is 3. The van der Waals surface area contributed by atoms with Crippen LogP contribution in [0.5, 0.6) is 0 Å². The van der Waals surface area contributed by atoms with Crippen molar-refractivity contribution in [2.24, 2.45) is 0 Å². The number of amides is 3. The van der Waals surface area contributed by atoms with Crippen molar-refractivity contribution in [3.05, 3.63) is 75.4 Å². The number of nitrogens with zero attached hydrogens (tertiary/aromatic N) is 3. The molecule has 0 saturated heterocycles. The Morgan fingerprint density at radius 1 is 1.15 bits per heavy atom. The molecule has 34 heavy (non-hydrogen) atoms. The van der Waals surface area contributed by atoms with Gasteiger partial charge in [0.25, 0.3) is 17.7 Å². The van der Waals surface area contributed by atoms with Crippen LogP contribution in [0.4, 0.5) is 0 Å². The van der Waals surface area contributed by atoms with E-state index >= 15 is 0 Å². The van der Waals surface area contributed by atoms with Gasteiger partial charge in [-0.05, 0) is 36.8 Å². The molecular formula is C25H23ClN4O4. The van der Waals surface area contributed by atoms with E-state index in [2.05, 4.69) is 10.2 Å². The third kappa shape index (κ3) is 3.89. The summed E-state index contributed by atoms with van der Waals surface area (Å²) >= 11 is 6.15. The first-order chi connectivity index (χ1) is 16.5. The molecule has 0 bridgehead atoms. The zero-order chi connectivity index (χ0) is 23.8. The molecule has 1 aromatic heterocycles. The fraction of sp³-hybridized carbons (Fsp3) is 0.280. The molecular weight excluding hydrogens is 456 g/mol. The number of rotatable bonds is 6. The van der Waals surface area contributed by atoms with E-state index in [0.29, 0.717) is 48.7 Å². The Labute approximate surface area is 201 Å². The van der Waals surface area contributed by atoms with Gasteiger partial charge in [-0.15, -0.1) is 0 Å². The highest BCUT2D eigenvalue weighted by atomic mass is 35.5. The molecule has 3 aromatic rings. The lowest BCUT2D eigenvalue weighted by Crippen LogP contribution is -2.36. The third-order valence-corrected chi connectivity index (χ3v) is 6.50. The second kappa shape index (κ2) is 9.04. The van der Waals surface area contributed by atoms with Crippen LogP contribution < -0.4 is 0 Å². The second-order valence-electron chi connectivity index (χ2n) is 8.39. The van der Waals surface area contributed by atoms with Gasteiger partial charge in [-0.25, -0.2) is 0 Å². The first-order valence-corrected chi connectivity index (χ1v) is 11.5. The van der Waals surface area contributed by atoms with Gasteiger partial charge in [-0.1, -0.05) is 23.7 Å². The number of halogens is 1. The van der Waals surface area contributed by atoms with E-state index < -0.39 is 0 Å². The fourth-order valence-corrected chi connectivity index (χ4v) is 4.71. The summed E-state index contributed by atoms with van der Waals surface area (Å²) in [5.74, 6) is -0.892. The quantitative estimate of drug-likeness (QED) is 0.431. The number of carbonyl (C=O) groups is 3. The van der Waals surface area contributed by atoms with Crippen molar-refractivity contribution in [2.45, 2.75) is 19.4 Å². The lowest BCUT2D eigenvalue weighted by molar-refractivity contribution is 0.0638. The van der Waals surface area contributed by atoms with Crippen molar-refractivity contribution in [2.75, 3.05) is 26.8 Å². The molecule has 3 amide bonds. The molecule has 0 saturated carbocycles. The first-order valence-electron chi connectivity index (χ1n) is 11.1. The van der Waals surface area contributed by atoms with Crippen LogP contribution in [0.3, 0.4) is 0 Å². The molecule has 3 heterocycles. The lowest BCUT2D eigenvalue weighted by atomic mass is 9.99. The number of imide groups is 1. The molecule has 0 fully saturated rings. The molecule has 0 spiro atoms. The van der Waals surface area contributed by atoms with Gasteiger partial charge in [0.05, 0.1) is 16.8 Å². The summed E-state index contributed by atoms with van der Waals surface area (Å²) in [7, 11) is 1.57. The maximum absolute atomic E-state index is 13.4. The summed E-state index contributed by atoms with van der Waals surface area (Å²) in [5.41, 5.74) is 4.60. The average molecular weight is 479 g/mol. The van der Waals surface area contributed by atoms with Gasteiger partial charge in [0.2, 0.25) is 0 Å². The number of aromatic amines is 1. The van der Waals surface area contributed by atoms with Crippen LogP contribution in [0, 0.1) is 0 Å². The highest BCUT2D eigenvalue weighted by Crippen LogP contribution is 2.31. The summed E-state index contributed by atoms with van der Waals surface area (Å²) in [4.78, 5) is 41.8. The Hall–Kier alpha value is -3.49. The van der Waals surface area contributed by atoms with Gasteiger partial charge in [0.15, 0.2) is 0 Å². The molecule has 2 aromatic carbocycles. The molecule has 8 nitrogen and oxygen atoms in total. The van der Waals surface area contributed by atoms with Crippen molar-refractivity contribution >= 4 is 29.3 Å². The lowest BCUT2D eigenvalue weighted by Gasteiger charge is -2.27. The first kappa shape index (κ1) is 22.3. The monoisotopic (exact) mass is 478 g/mol. The summed E-state index contributed by atoms with van der Waals surface area (Å²) in [6.45, 7) is 1.65. The number of fused-ring (bicyclic) bond motifs is 2. The molecule has 9 heteroatoms.